The van der Waals surface area contributed by atoms with E-state index in [4.69, 9.17) is 34.6 Å². The molecule has 2 aromatic heterocycles. The van der Waals surface area contributed by atoms with Crippen molar-refractivity contribution >= 4 is 99.7 Å². The Kier molecular flexibility index (Phi) is 38.2. The van der Waals surface area contributed by atoms with Gasteiger partial charge in [0.15, 0.2) is 0 Å². The predicted octanol–water partition coefficient (Wildman–Crippen LogP) is 10.5. The van der Waals surface area contributed by atoms with Crippen LogP contribution in [0.1, 0.15) is 78.5 Å². The molecular formula is C77H99ClN10O20S6. The topological polar surface area (TPSA) is 410 Å². The lowest BCUT2D eigenvalue weighted by Gasteiger charge is -2.43. The molecule has 0 saturated carbocycles. The van der Waals surface area contributed by atoms with Crippen LogP contribution in [0.4, 0.5) is 0 Å². The summed E-state index contributed by atoms with van der Waals surface area (Å²) < 4.78 is 131. The minimum absolute atomic E-state index is 0. The number of pyridine rings is 2. The second-order valence-electron chi connectivity index (χ2n) is 26.8. The van der Waals surface area contributed by atoms with E-state index in [0.29, 0.717) is 45.8 Å². The molecule has 3 heterocycles. The quantitative estimate of drug-likeness (QED) is 0.0108. The van der Waals surface area contributed by atoms with Crippen LogP contribution in [0.3, 0.4) is 0 Å². The van der Waals surface area contributed by atoms with Gasteiger partial charge in [0.2, 0.25) is 40.1 Å². The average Bonchev–Trinajstić information content (AvgIpc) is 0.778. The molecular weight excluding hydrogens is 1610 g/mol. The van der Waals surface area contributed by atoms with Gasteiger partial charge in [0.1, 0.15) is 52.9 Å². The van der Waals surface area contributed by atoms with Crippen molar-refractivity contribution < 1.29 is 92.6 Å². The van der Waals surface area contributed by atoms with Gasteiger partial charge < -0.3 is 18.9 Å². The number of hydrogen-bond acceptors (Lipinski definition) is 24. The van der Waals surface area contributed by atoms with Gasteiger partial charge in [-0.25, -0.2) is 55.6 Å². The summed E-state index contributed by atoms with van der Waals surface area (Å²) in [6.07, 6.45) is 6.57. The van der Waals surface area contributed by atoms with Gasteiger partial charge in [-0.1, -0.05) is 108 Å². The van der Waals surface area contributed by atoms with Crippen LogP contribution in [0.5, 0.6) is 28.7 Å². The van der Waals surface area contributed by atoms with Crippen LogP contribution >= 0.6 is 35.9 Å². The van der Waals surface area contributed by atoms with Crippen LogP contribution < -0.4 is 40.9 Å². The van der Waals surface area contributed by atoms with Crippen LogP contribution in [0.25, 0.3) is 0 Å². The number of hydroxylamine groups is 4. The first-order valence-electron chi connectivity index (χ1n) is 35.3. The Hall–Kier alpha value is -8.83. The molecule has 8 aromatic rings. The number of nitrogens with one attached hydrogen (secondary N) is 4. The summed E-state index contributed by atoms with van der Waals surface area (Å²) in [5.74, 6) is 0.656. The van der Waals surface area contributed by atoms with E-state index in [9.17, 15) is 58.1 Å². The molecule has 4 amide bonds. The minimum Gasteiger partial charge on any atom is -0.497 e. The molecule has 37 heteroatoms. The number of sulfonamides is 4. The van der Waals surface area contributed by atoms with E-state index in [1.807, 2.05) is 50.2 Å². The zero-order chi connectivity index (χ0) is 83.3. The summed E-state index contributed by atoms with van der Waals surface area (Å²) in [6, 6.07) is 45.3. The monoisotopic (exact) mass is 1710 g/mol. The number of carbonyl (C=O) groups is 4. The summed E-state index contributed by atoms with van der Waals surface area (Å²) in [4.78, 5) is 57.3. The maximum Gasteiger partial charge on any atom is 0.263 e. The van der Waals surface area contributed by atoms with Crippen molar-refractivity contribution in [2.75, 3.05) is 45.9 Å². The van der Waals surface area contributed by atoms with Crippen molar-refractivity contribution in [3.05, 3.63) is 223 Å². The van der Waals surface area contributed by atoms with E-state index in [-0.39, 0.29) is 82.3 Å². The number of benzene rings is 6. The Bertz CT molecular complexity index is 4630. The first kappa shape index (κ1) is 95.8. The molecule has 8 N–H and O–H groups in total. The third-order valence-corrected chi connectivity index (χ3v) is 27.1. The van der Waals surface area contributed by atoms with Gasteiger partial charge in [-0.2, -0.15) is 40.7 Å². The second kappa shape index (κ2) is 45.5. The summed E-state index contributed by atoms with van der Waals surface area (Å²) in [5, 5.41) is 36.6. The Morgan fingerprint density at radius 1 is 0.509 bits per heavy atom. The number of amides is 4. The average molecular weight is 1710 g/mol. The zero-order valence-corrected chi connectivity index (χ0v) is 70.4. The lowest BCUT2D eigenvalue weighted by Crippen LogP contribution is -2.61. The van der Waals surface area contributed by atoms with Crippen molar-refractivity contribution in [3.63, 3.8) is 0 Å². The van der Waals surface area contributed by atoms with E-state index in [0.717, 1.165) is 29.8 Å². The highest BCUT2D eigenvalue weighted by molar-refractivity contribution is 8.01. The maximum atomic E-state index is 13.4. The van der Waals surface area contributed by atoms with Crippen LogP contribution in [-0.2, 0) is 78.1 Å². The maximum absolute atomic E-state index is 13.4. The smallest absolute Gasteiger partial charge is 0.263 e. The van der Waals surface area contributed by atoms with Crippen molar-refractivity contribution in [3.8, 4) is 28.7 Å². The summed E-state index contributed by atoms with van der Waals surface area (Å²) in [7, 11) is -11.5. The van der Waals surface area contributed by atoms with Gasteiger partial charge in [-0.15, -0.1) is 12.4 Å². The number of methoxy groups -OCH3 is 3. The summed E-state index contributed by atoms with van der Waals surface area (Å²) in [6.45, 7) is 14.4. The number of halogens is 1. The molecule has 0 spiro atoms. The van der Waals surface area contributed by atoms with Crippen LogP contribution in [0.2, 0.25) is 0 Å². The molecule has 0 bridgehead atoms. The molecule has 1 saturated heterocycles. The van der Waals surface area contributed by atoms with E-state index in [1.54, 1.807) is 179 Å². The Balaban J connectivity index is 0.000000271. The Labute approximate surface area is 681 Å². The van der Waals surface area contributed by atoms with Crippen LogP contribution in [-0.4, -0.2) is 180 Å². The molecule has 6 aromatic carbocycles. The third-order valence-electron chi connectivity index (χ3n) is 17.2. The molecule has 114 heavy (non-hydrogen) atoms. The molecule has 9 rings (SSSR count). The molecule has 1 aliphatic heterocycles. The predicted molar refractivity (Wildman–Crippen MR) is 434 cm³/mol. The first-order chi connectivity index (χ1) is 53.7. The van der Waals surface area contributed by atoms with Crippen molar-refractivity contribution in [1.29, 1.82) is 0 Å². The van der Waals surface area contributed by atoms with Gasteiger partial charge in [-0.3, -0.25) is 50.0 Å². The molecule has 1 aliphatic rings. The van der Waals surface area contributed by atoms with Gasteiger partial charge >= 0.3 is 0 Å². The SMILES string of the molecule is CC1(C)SCCN(S(=O)(=O)c2ccc(Oc3ccncc3)cc2)[C@H]1C(=O)NO.COc1ccc(S(=O)(=O)N(CC(C)C)[C@H](CCSCc2ccccc2)C(=O)NO)cc1.COc1ccc(S(=O)(=O)N(Cc2ccccc2)[C@@H](C(=O)NO)C(C)C)cc1.COc1ccc(S(=O)(=O)N(Cc2cccnc2)[C@@H](C(=O)NO)C(C)C)cc1.Cl. The molecule has 0 unspecified atom stereocenters. The fourth-order valence-corrected chi connectivity index (χ4v) is 21.0. The summed E-state index contributed by atoms with van der Waals surface area (Å²) >= 11 is 3.10. The fourth-order valence-electron chi connectivity index (χ4n) is 11.7. The van der Waals surface area contributed by atoms with Gasteiger partial charge in [0, 0.05) is 67.2 Å². The lowest BCUT2D eigenvalue weighted by molar-refractivity contribution is -0.135. The van der Waals surface area contributed by atoms with Crippen molar-refractivity contribution in [2.24, 2.45) is 17.8 Å². The van der Waals surface area contributed by atoms with E-state index < -0.39 is 92.6 Å². The van der Waals surface area contributed by atoms with Crippen molar-refractivity contribution in [1.82, 2.24) is 49.1 Å². The summed E-state index contributed by atoms with van der Waals surface area (Å²) in [5.41, 5.74) is 8.90. The van der Waals surface area contributed by atoms with E-state index >= 15 is 0 Å². The van der Waals surface area contributed by atoms with Crippen molar-refractivity contribution in [2.45, 2.75) is 129 Å². The standard InChI is InChI=1S/C22H30N2O5S2.C19H24N2O5S.C18H21N3O5S2.C18H23N3O5S.ClH/c1-17(2)15-24(31(27,28)20-11-9-19(29-3)10-12-20)21(22(25)23-26)13-14-30-16-18-7-5-4-6-8-18;1-14(2)18(19(22)20-23)21(13-15-7-5-4-6-8-15)27(24,25)17-11-9-16(26-3)10-12-17;1-18(2)16(17(22)20-23)21(11-12-27-18)28(24,25)15-5-3-13(4-6-15)26-14-7-9-19-10-8-14;1-13(2)17(18(22)20-23)21(12-14-5-4-10-19-11-14)27(24,25)16-8-6-15(26-3)7-9-16;/h4-12,17,21,26H,13-16H2,1-3H3,(H,23,25);4-12,14,18,23H,13H2,1-3H3,(H,20,22);3-10,16,23H,11-12H2,1-2H3,(H,20,22);4-11,13,17,23H,12H2,1-3H3,(H,20,22);1H/t21-;18-;16-;17-;/m1101./s1. The van der Waals surface area contributed by atoms with Gasteiger partial charge in [0.25, 0.3) is 23.6 Å². The highest BCUT2D eigenvalue weighted by Gasteiger charge is 2.49. The molecule has 0 radical (unpaired) electrons. The van der Waals surface area contributed by atoms with Gasteiger partial charge in [0.05, 0.1) is 40.9 Å². The Morgan fingerprint density at radius 2 is 0.912 bits per heavy atom. The van der Waals surface area contributed by atoms with Gasteiger partial charge in [-0.05, 0) is 176 Å². The first-order valence-corrected chi connectivity index (χ1v) is 43.2. The third kappa shape index (κ3) is 26.6. The number of carbonyl (C=O) groups excluding carboxylic acids is 4. The number of aromatic nitrogens is 2. The molecule has 620 valence electrons. The fraction of sp³-hybridized carbons (Fsp3) is 0.351. The lowest BCUT2D eigenvalue weighted by atomic mass is 10.0. The number of hydrogen-bond donors (Lipinski definition) is 8. The highest BCUT2D eigenvalue weighted by Crippen LogP contribution is 2.39. The highest BCUT2D eigenvalue weighted by atomic mass is 35.5. The Morgan fingerprint density at radius 3 is 1.32 bits per heavy atom. The van der Waals surface area contributed by atoms with E-state index in [2.05, 4.69) is 9.97 Å². The molecule has 30 nitrogen and oxygen atoms in total. The molecule has 1 fully saturated rings. The molecule has 0 aliphatic carbocycles. The zero-order valence-electron chi connectivity index (χ0n) is 64.7. The second-order valence-corrected chi connectivity index (χ2v) is 37.2. The number of nitrogens with zero attached hydrogens (tertiary/aromatic N) is 6. The van der Waals surface area contributed by atoms with E-state index in [1.165, 1.54) is 104 Å². The number of thioether (sulfide) groups is 2. The number of rotatable bonds is 33. The minimum atomic E-state index is -4.05. The molecule has 4 atom stereocenters. The van der Waals surface area contributed by atoms with Crippen LogP contribution in [0.15, 0.2) is 226 Å². The largest absolute Gasteiger partial charge is 0.497 e. The van der Waals surface area contributed by atoms with Crippen LogP contribution in [0, 0.1) is 17.8 Å². The number of ether oxygens (including phenoxy) is 4. The normalized spacial score (nSPS) is 14.4.